The van der Waals surface area contributed by atoms with Gasteiger partial charge < -0.3 is 34.9 Å². The van der Waals surface area contributed by atoms with Gasteiger partial charge in [0.25, 0.3) is 0 Å². The van der Waals surface area contributed by atoms with Gasteiger partial charge in [-0.25, -0.2) is 0 Å². The van der Waals surface area contributed by atoms with E-state index >= 15 is 0 Å². The van der Waals surface area contributed by atoms with Gasteiger partial charge in [0, 0.05) is 19.7 Å². The summed E-state index contributed by atoms with van der Waals surface area (Å²) in [5.74, 6) is 0.875. The van der Waals surface area contributed by atoms with Crippen LogP contribution >= 0.6 is 0 Å². The van der Waals surface area contributed by atoms with E-state index in [2.05, 4.69) is 27.7 Å². The van der Waals surface area contributed by atoms with Crippen LogP contribution in [0.1, 0.15) is 106 Å². The molecule has 2 bridgehead atoms. The Bertz CT molecular complexity index is 1150. The summed E-state index contributed by atoms with van der Waals surface area (Å²) in [5, 5.41) is 23.4. The number of halogens is 3. The molecule has 4 aliphatic carbocycles. The second-order valence-corrected chi connectivity index (χ2v) is 18.1. The largest absolute Gasteiger partial charge is 0.401 e. The van der Waals surface area contributed by atoms with E-state index < -0.39 is 48.5 Å². The van der Waals surface area contributed by atoms with Crippen LogP contribution in [0.4, 0.5) is 13.2 Å². The highest BCUT2D eigenvalue weighted by Gasteiger charge is 2.75. The molecule has 48 heavy (non-hydrogen) atoms. The Morgan fingerprint density at radius 1 is 1.08 bits per heavy atom. The van der Waals surface area contributed by atoms with Gasteiger partial charge in [-0.3, -0.25) is 4.90 Å². The smallest absolute Gasteiger partial charge is 0.388 e. The Balaban J connectivity index is 1.21. The fraction of sp³-hybridized carbons (Fsp3) is 1.00. The molecule has 13 atom stereocenters. The van der Waals surface area contributed by atoms with Gasteiger partial charge in [0.1, 0.15) is 6.10 Å². The summed E-state index contributed by atoms with van der Waals surface area (Å²) in [5.41, 5.74) is 5.37. The zero-order valence-corrected chi connectivity index (χ0v) is 30.4. The first-order valence-electron chi connectivity index (χ1n) is 18.8. The third-order valence-electron chi connectivity index (χ3n) is 14.6. The van der Waals surface area contributed by atoms with Gasteiger partial charge >= 0.3 is 6.18 Å². The summed E-state index contributed by atoms with van der Waals surface area (Å²) >= 11 is 0. The van der Waals surface area contributed by atoms with Crippen molar-refractivity contribution in [1.29, 1.82) is 0 Å². The van der Waals surface area contributed by atoms with Crippen LogP contribution in [0.3, 0.4) is 0 Å². The monoisotopic (exact) mass is 688 g/mol. The van der Waals surface area contributed by atoms with E-state index in [1.54, 1.807) is 13.8 Å². The molecule has 0 radical (unpaired) electrons. The Morgan fingerprint density at radius 2 is 1.81 bits per heavy atom. The number of fused-ring (bicyclic) bond motifs is 5. The van der Waals surface area contributed by atoms with E-state index in [-0.39, 0.29) is 65.9 Å². The minimum atomic E-state index is -4.25. The molecule has 0 aromatic heterocycles. The minimum absolute atomic E-state index is 0.00231. The third kappa shape index (κ3) is 6.20. The molecule has 2 aliphatic heterocycles. The highest BCUT2D eigenvalue weighted by molar-refractivity contribution is 5.27. The summed E-state index contributed by atoms with van der Waals surface area (Å²) < 4.78 is 64.7. The van der Waals surface area contributed by atoms with Gasteiger partial charge in [-0.05, 0) is 112 Å². The van der Waals surface area contributed by atoms with Crippen LogP contribution in [0, 0.1) is 39.9 Å². The fourth-order valence-electron chi connectivity index (χ4n) is 12.3. The molecule has 6 rings (SSSR count). The molecule has 278 valence electrons. The number of nitrogens with two attached hydrogens (primary N) is 1. The molecule has 2 saturated heterocycles. The SMILES string of the molecule is CCO[C@@H]([C@H]1C[C@@H](C)[C@H]2[C@H](O1)[C@H](O)[C@@]1(N)[C@@H]3CC[C@@H]4C[C@@]3(CCC[C@H](O[C@H]3CN(CC(F)(F)F)CCO3)C4(C)C)CC[C@]21C)C(C)(C)O. The quantitative estimate of drug-likeness (QED) is 0.315. The number of alkyl halides is 3. The predicted octanol–water partition coefficient (Wildman–Crippen LogP) is 5.66. The van der Waals surface area contributed by atoms with Crippen molar-refractivity contribution in [3.05, 3.63) is 0 Å². The van der Waals surface area contributed by atoms with Crippen LogP contribution < -0.4 is 5.73 Å². The molecule has 4 N–H and O–H groups in total. The molecule has 1 spiro atoms. The van der Waals surface area contributed by atoms with Crippen molar-refractivity contribution in [3.8, 4) is 0 Å². The molecule has 0 unspecified atom stereocenters. The number of nitrogens with zero attached hydrogens (tertiary/aromatic N) is 1. The summed E-state index contributed by atoms with van der Waals surface area (Å²) in [4.78, 5) is 1.39. The second-order valence-electron chi connectivity index (χ2n) is 18.1. The average molecular weight is 689 g/mol. The molecule has 8 nitrogen and oxygen atoms in total. The lowest BCUT2D eigenvalue weighted by Crippen LogP contribution is -2.71. The first-order valence-corrected chi connectivity index (χ1v) is 18.8. The Labute approximate surface area is 285 Å². The van der Waals surface area contributed by atoms with Gasteiger partial charge in [-0.1, -0.05) is 34.1 Å². The fourth-order valence-corrected chi connectivity index (χ4v) is 12.3. The normalized spacial score (nSPS) is 47.3. The summed E-state index contributed by atoms with van der Waals surface area (Å²) in [6.45, 7) is 14.7. The van der Waals surface area contributed by atoms with Crippen molar-refractivity contribution in [2.75, 3.05) is 32.8 Å². The van der Waals surface area contributed by atoms with E-state index in [0.717, 1.165) is 57.8 Å². The lowest BCUT2D eigenvalue weighted by molar-refractivity contribution is -0.246. The van der Waals surface area contributed by atoms with Crippen LogP contribution in [-0.2, 0) is 18.9 Å². The summed E-state index contributed by atoms with van der Waals surface area (Å²) in [7, 11) is 0. The highest BCUT2D eigenvalue weighted by Crippen LogP contribution is 2.72. The number of aliphatic hydroxyl groups excluding tert-OH is 1. The van der Waals surface area contributed by atoms with Crippen molar-refractivity contribution in [3.63, 3.8) is 0 Å². The van der Waals surface area contributed by atoms with Crippen LogP contribution in [0.5, 0.6) is 0 Å². The van der Waals surface area contributed by atoms with E-state index in [0.29, 0.717) is 12.5 Å². The molecule has 2 heterocycles. The molecule has 11 heteroatoms. The van der Waals surface area contributed by atoms with Crippen LogP contribution in [0.2, 0.25) is 0 Å². The van der Waals surface area contributed by atoms with Gasteiger partial charge in [-0.2, -0.15) is 13.2 Å². The van der Waals surface area contributed by atoms with Crippen LogP contribution in [0.15, 0.2) is 0 Å². The molecule has 6 aliphatic rings. The lowest BCUT2D eigenvalue weighted by atomic mass is 9.41. The Hall–Kier alpha value is -0.530. The third-order valence-corrected chi connectivity index (χ3v) is 14.6. The maximum atomic E-state index is 13.1. The topological polar surface area (TPSA) is 107 Å². The maximum Gasteiger partial charge on any atom is 0.401 e. The number of hydrogen-bond acceptors (Lipinski definition) is 8. The first kappa shape index (κ1) is 37.2. The van der Waals surface area contributed by atoms with Crippen molar-refractivity contribution in [1.82, 2.24) is 4.90 Å². The molecular weight excluding hydrogens is 625 g/mol. The zero-order valence-electron chi connectivity index (χ0n) is 30.4. The molecule has 0 aromatic carbocycles. The summed E-state index contributed by atoms with van der Waals surface area (Å²) in [6.07, 6.45) is 1.30. The summed E-state index contributed by atoms with van der Waals surface area (Å²) in [6, 6.07) is 0. The van der Waals surface area contributed by atoms with Crippen molar-refractivity contribution in [2.45, 2.75) is 160 Å². The number of morpholine rings is 1. The van der Waals surface area contributed by atoms with E-state index in [1.807, 2.05) is 6.92 Å². The van der Waals surface area contributed by atoms with Gasteiger partial charge in [0.15, 0.2) is 6.29 Å². The van der Waals surface area contributed by atoms with Crippen molar-refractivity contribution >= 4 is 0 Å². The van der Waals surface area contributed by atoms with Gasteiger partial charge in [0.2, 0.25) is 0 Å². The van der Waals surface area contributed by atoms with Crippen LogP contribution in [0.25, 0.3) is 0 Å². The number of ether oxygens (including phenoxy) is 4. The van der Waals surface area contributed by atoms with Gasteiger partial charge in [0.05, 0.1) is 48.7 Å². The van der Waals surface area contributed by atoms with E-state index in [1.165, 1.54) is 4.90 Å². The number of rotatable bonds is 7. The second kappa shape index (κ2) is 12.8. The van der Waals surface area contributed by atoms with E-state index in [4.69, 9.17) is 24.7 Å². The molecule has 0 amide bonds. The van der Waals surface area contributed by atoms with Crippen molar-refractivity contribution < 1.29 is 42.3 Å². The Kier molecular flexibility index (Phi) is 9.97. The predicted molar refractivity (Wildman–Crippen MR) is 176 cm³/mol. The number of hydrogen-bond donors (Lipinski definition) is 3. The molecular formula is C37H63F3N2O6. The molecule has 6 fully saturated rings. The molecule has 0 aromatic rings. The highest BCUT2D eigenvalue weighted by atomic mass is 19.4. The lowest BCUT2D eigenvalue weighted by Gasteiger charge is -2.66. The first-order chi connectivity index (χ1) is 22.3. The Morgan fingerprint density at radius 3 is 2.48 bits per heavy atom. The maximum absolute atomic E-state index is 13.1. The molecule has 4 saturated carbocycles. The number of aliphatic hydroxyl groups is 2. The minimum Gasteiger partial charge on any atom is -0.388 e. The van der Waals surface area contributed by atoms with Crippen LogP contribution in [-0.4, -0.2) is 102 Å². The van der Waals surface area contributed by atoms with Crippen molar-refractivity contribution in [2.24, 2.45) is 45.7 Å². The van der Waals surface area contributed by atoms with E-state index in [9.17, 15) is 23.4 Å². The van der Waals surface area contributed by atoms with Gasteiger partial charge in [-0.15, -0.1) is 0 Å². The average Bonchev–Trinajstić information content (AvgIpc) is 3.16. The standard InChI is InChI=1S/C37H63F3N2O6/c1-8-45-31(33(5,6)44)24-18-22(2)28-29(47-24)30(43)37(41)25-12-11-23-19-35(25,15-14-34(28,37)7)13-9-10-26(32(23,3)4)48-27-20-42(16-17-46-27)21-36(38,39)40/h22-31,43-44H,8-21,41H2,1-7H3/t22-,23-,24-,25-,26+,27+,28+,29+,30+,31+,34-,35-,37+/m1/s1. The zero-order chi connectivity index (χ0) is 35.1.